The van der Waals surface area contributed by atoms with Crippen molar-refractivity contribution in [2.75, 3.05) is 26.3 Å². The molecule has 1 fully saturated rings. The number of nitrogens with zero attached hydrogens (tertiary/aromatic N) is 1. The van der Waals surface area contributed by atoms with Crippen molar-refractivity contribution in [2.45, 2.75) is 6.10 Å². The van der Waals surface area contributed by atoms with Crippen molar-refractivity contribution in [1.82, 2.24) is 4.90 Å². The van der Waals surface area contributed by atoms with E-state index in [0.29, 0.717) is 42.8 Å². The number of carbonyl (C=O) groups excluding carboxylic acids is 2. The molecule has 7 heteroatoms. The van der Waals surface area contributed by atoms with Gasteiger partial charge in [0.2, 0.25) is 6.10 Å². The lowest BCUT2D eigenvalue weighted by Gasteiger charge is -2.30. The van der Waals surface area contributed by atoms with Gasteiger partial charge in [-0.1, -0.05) is 48.5 Å². The summed E-state index contributed by atoms with van der Waals surface area (Å²) in [5.41, 5.74) is -0.153. The Morgan fingerprint density at radius 1 is 0.966 bits per heavy atom. The van der Waals surface area contributed by atoms with Crippen LogP contribution in [0.4, 0.5) is 0 Å². The average molecular weight is 393 g/mol. The van der Waals surface area contributed by atoms with Gasteiger partial charge in [0.05, 0.1) is 13.2 Å². The highest BCUT2D eigenvalue weighted by atomic mass is 16.5. The highest BCUT2D eigenvalue weighted by Crippen LogP contribution is 2.23. The molecule has 4 rings (SSSR count). The number of para-hydroxylation sites is 1. The second-order valence-corrected chi connectivity index (χ2v) is 6.62. The maximum absolute atomic E-state index is 13.1. The highest BCUT2D eigenvalue weighted by Gasteiger charge is 2.31. The Balaban J connectivity index is 1.65. The molecule has 7 nitrogen and oxygen atoms in total. The van der Waals surface area contributed by atoms with Crippen LogP contribution >= 0.6 is 0 Å². The molecule has 148 valence electrons. The van der Waals surface area contributed by atoms with Crippen LogP contribution in [-0.2, 0) is 14.3 Å². The van der Waals surface area contributed by atoms with Crippen LogP contribution in [0.5, 0.6) is 0 Å². The number of amides is 1. The second-order valence-electron chi connectivity index (χ2n) is 6.62. The summed E-state index contributed by atoms with van der Waals surface area (Å²) < 4.78 is 16.0. The van der Waals surface area contributed by atoms with Crippen molar-refractivity contribution >= 4 is 22.8 Å². The lowest BCUT2D eigenvalue weighted by molar-refractivity contribution is -0.145. The molecule has 0 bridgehead atoms. The van der Waals surface area contributed by atoms with Crippen molar-refractivity contribution in [3.8, 4) is 0 Å². The number of hydrogen-bond acceptors (Lipinski definition) is 6. The molecule has 29 heavy (non-hydrogen) atoms. The van der Waals surface area contributed by atoms with Gasteiger partial charge in [-0.05, 0) is 12.1 Å². The van der Waals surface area contributed by atoms with Crippen LogP contribution in [0, 0.1) is 0 Å². The van der Waals surface area contributed by atoms with Crippen molar-refractivity contribution < 1.29 is 23.5 Å². The van der Waals surface area contributed by atoms with Gasteiger partial charge in [0, 0.05) is 24.0 Å². The van der Waals surface area contributed by atoms with Crippen LogP contribution in [0.25, 0.3) is 11.0 Å². The number of rotatable bonds is 4. The molecule has 1 atom stereocenters. The van der Waals surface area contributed by atoms with E-state index in [9.17, 15) is 14.4 Å². The van der Waals surface area contributed by atoms with E-state index in [-0.39, 0.29) is 11.5 Å². The van der Waals surface area contributed by atoms with Crippen molar-refractivity contribution in [3.05, 3.63) is 82.2 Å². The summed E-state index contributed by atoms with van der Waals surface area (Å²) in [5.74, 6) is -1.25. The standard InChI is InChI=1S/C22H19NO6/c24-20(23-10-12-27-13-11-23)19(15-6-2-1-3-7-15)29-22(26)17-14-16-8-4-5-9-18(16)28-21(17)25/h1-9,14,19H,10-13H2/t19-/m0/s1. The molecule has 0 radical (unpaired) electrons. The van der Waals surface area contributed by atoms with Crippen LogP contribution in [0.15, 0.2) is 69.9 Å². The van der Waals surface area contributed by atoms with E-state index in [0.717, 1.165) is 0 Å². The average Bonchev–Trinajstić information content (AvgIpc) is 2.77. The number of ether oxygens (including phenoxy) is 2. The molecule has 1 amide bonds. The van der Waals surface area contributed by atoms with Crippen molar-refractivity contribution in [3.63, 3.8) is 0 Å². The minimum atomic E-state index is -1.16. The Hall–Kier alpha value is -3.45. The number of morpholine rings is 1. The smallest absolute Gasteiger partial charge is 0.351 e. The quantitative estimate of drug-likeness (QED) is 0.500. The third-order valence-corrected chi connectivity index (χ3v) is 4.74. The molecule has 1 saturated heterocycles. The van der Waals surface area contributed by atoms with Crippen molar-refractivity contribution in [2.24, 2.45) is 0 Å². The van der Waals surface area contributed by atoms with Gasteiger partial charge in [-0.3, -0.25) is 4.79 Å². The molecule has 1 aromatic heterocycles. The number of carbonyl (C=O) groups is 2. The summed E-state index contributed by atoms with van der Waals surface area (Å²) >= 11 is 0. The third kappa shape index (κ3) is 4.05. The monoisotopic (exact) mass is 393 g/mol. The summed E-state index contributed by atoms with van der Waals surface area (Å²) in [6.07, 6.45) is -1.16. The third-order valence-electron chi connectivity index (χ3n) is 4.74. The predicted molar refractivity (Wildman–Crippen MR) is 104 cm³/mol. The molecule has 2 heterocycles. The summed E-state index contributed by atoms with van der Waals surface area (Å²) in [7, 11) is 0. The maximum Gasteiger partial charge on any atom is 0.351 e. The number of esters is 1. The first-order chi connectivity index (χ1) is 14.1. The van der Waals surface area contributed by atoms with Gasteiger partial charge in [-0.25, -0.2) is 9.59 Å². The highest BCUT2D eigenvalue weighted by molar-refractivity contribution is 5.95. The largest absolute Gasteiger partial charge is 0.443 e. The minimum absolute atomic E-state index is 0.251. The van der Waals surface area contributed by atoms with Crippen LogP contribution in [-0.4, -0.2) is 43.1 Å². The number of hydrogen-bond donors (Lipinski definition) is 0. The van der Waals surface area contributed by atoms with E-state index in [1.54, 1.807) is 59.5 Å². The molecule has 0 saturated carbocycles. The zero-order valence-corrected chi connectivity index (χ0v) is 15.6. The van der Waals surface area contributed by atoms with Crippen LogP contribution in [0.3, 0.4) is 0 Å². The first-order valence-electron chi connectivity index (χ1n) is 9.29. The maximum atomic E-state index is 13.1. The minimum Gasteiger partial charge on any atom is -0.443 e. The second kappa shape index (κ2) is 8.28. The lowest BCUT2D eigenvalue weighted by atomic mass is 10.1. The molecule has 1 aliphatic heterocycles. The van der Waals surface area contributed by atoms with Gasteiger partial charge >= 0.3 is 11.6 Å². The van der Waals surface area contributed by atoms with Gasteiger partial charge in [0.25, 0.3) is 5.91 Å². The topological polar surface area (TPSA) is 86.1 Å². The first kappa shape index (κ1) is 18.9. The zero-order valence-electron chi connectivity index (χ0n) is 15.6. The van der Waals surface area contributed by atoms with Crippen LogP contribution in [0.1, 0.15) is 22.0 Å². The van der Waals surface area contributed by atoms with Gasteiger partial charge in [0.15, 0.2) is 0 Å². The van der Waals surface area contributed by atoms with E-state index in [2.05, 4.69) is 0 Å². The Bertz CT molecular complexity index is 1090. The number of fused-ring (bicyclic) bond motifs is 1. The molecule has 0 spiro atoms. The van der Waals surface area contributed by atoms with E-state index in [1.165, 1.54) is 6.07 Å². The summed E-state index contributed by atoms with van der Waals surface area (Å²) in [5, 5.41) is 0.592. The SMILES string of the molecule is O=C(O[C@H](C(=O)N1CCOCC1)c1ccccc1)c1cc2ccccc2oc1=O. The van der Waals surface area contributed by atoms with Crippen LogP contribution < -0.4 is 5.63 Å². The Labute approximate surface area is 166 Å². The Morgan fingerprint density at radius 2 is 1.66 bits per heavy atom. The normalized spacial score (nSPS) is 15.1. The molecular weight excluding hydrogens is 374 g/mol. The first-order valence-corrected chi connectivity index (χ1v) is 9.29. The zero-order chi connectivity index (χ0) is 20.2. The van der Waals surface area contributed by atoms with E-state index in [4.69, 9.17) is 13.9 Å². The number of benzene rings is 2. The molecular formula is C22H19NO6. The molecule has 0 N–H and O–H groups in total. The van der Waals surface area contributed by atoms with Crippen LogP contribution in [0.2, 0.25) is 0 Å². The van der Waals surface area contributed by atoms with Gasteiger partial charge < -0.3 is 18.8 Å². The molecule has 1 aliphatic rings. The van der Waals surface area contributed by atoms with E-state index in [1.807, 2.05) is 0 Å². The summed E-state index contributed by atoms with van der Waals surface area (Å²) in [6, 6.07) is 17.0. The Kier molecular flexibility index (Phi) is 5.39. The molecule has 0 unspecified atom stereocenters. The summed E-state index contributed by atoms with van der Waals surface area (Å²) in [6.45, 7) is 1.68. The molecule has 0 aliphatic carbocycles. The van der Waals surface area contributed by atoms with Gasteiger partial charge in [-0.15, -0.1) is 0 Å². The van der Waals surface area contributed by atoms with Gasteiger partial charge in [-0.2, -0.15) is 0 Å². The van der Waals surface area contributed by atoms with Crippen molar-refractivity contribution in [1.29, 1.82) is 0 Å². The van der Waals surface area contributed by atoms with E-state index >= 15 is 0 Å². The molecule has 2 aromatic carbocycles. The lowest BCUT2D eigenvalue weighted by Crippen LogP contribution is -2.44. The fraction of sp³-hybridized carbons (Fsp3) is 0.227. The Morgan fingerprint density at radius 3 is 2.41 bits per heavy atom. The predicted octanol–water partition coefficient (Wildman–Crippen LogP) is 2.55. The van der Waals surface area contributed by atoms with E-state index < -0.39 is 17.7 Å². The fourth-order valence-corrected chi connectivity index (χ4v) is 3.21. The fourth-order valence-electron chi connectivity index (χ4n) is 3.21. The molecule has 3 aromatic rings. The summed E-state index contributed by atoms with van der Waals surface area (Å²) in [4.78, 5) is 39.7. The van der Waals surface area contributed by atoms with Gasteiger partial charge in [0.1, 0.15) is 11.1 Å².